The van der Waals surface area contributed by atoms with Gasteiger partial charge in [-0.25, -0.2) is 4.79 Å². The molecule has 1 fully saturated rings. The van der Waals surface area contributed by atoms with Crippen LogP contribution >= 0.6 is 11.8 Å². The van der Waals surface area contributed by atoms with Crippen LogP contribution in [0.15, 0.2) is 30.3 Å². The average molecular weight is 265 g/mol. The Morgan fingerprint density at radius 2 is 2.28 bits per heavy atom. The minimum atomic E-state index is -0.220. The maximum Gasteiger partial charge on any atom is 0.328 e. The van der Waals surface area contributed by atoms with Crippen molar-refractivity contribution in [1.29, 1.82) is 0 Å². The van der Waals surface area contributed by atoms with E-state index in [9.17, 15) is 4.79 Å². The van der Waals surface area contributed by atoms with E-state index >= 15 is 0 Å². The minimum absolute atomic E-state index is 0.131. The standard InChI is InChI=1S/C14H19NO2S/c1-2-17-14(16)13(11-8-9-18-10-11)15-12-6-4-3-5-7-12/h3-7,11,13,15H,2,8-10H2,1H3. The van der Waals surface area contributed by atoms with Crippen molar-refractivity contribution in [2.45, 2.75) is 19.4 Å². The van der Waals surface area contributed by atoms with E-state index < -0.39 is 0 Å². The van der Waals surface area contributed by atoms with Crippen molar-refractivity contribution in [3.8, 4) is 0 Å². The summed E-state index contributed by atoms with van der Waals surface area (Å²) in [7, 11) is 0. The highest BCUT2D eigenvalue weighted by atomic mass is 32.2. The molecule has 0 aromatic heterocycles. The van der Waals surface area contributed by atoms with Crippen LogP contribution in [0.4, 0.5) is 5.69 Å². The van der Waals surface area contributed by atoms with E-state index in [0.29, 0.717) is 12.5 Å². The van der Waals surface area contributed by atoms with Crippen molar-refractivity contribution in [2.24, 2.45) is 5.92 Å². The van der Waals surface area contributed by atoms with Crippen LogP contribution in [-0.4, -0.2) is 30.1 Å². The number of hydrogen-bond donors (Lipinski definition) is 1. The molecule has 2 atom stereocenters. The summed E-state index contributed by atoms with van der Waals surface area (Å²) in [6.45, 7) is 2.28. The molecular weight excluding hydrogens is 246 g/mol. The molecule has 18 heavy (non-hydrogen) atoms. The van der Waals surface area contributed by atoms with Gasteiger partial charge in [-0.3, -0.25) is 0 Å². The third kappa shape index (κ3) is 3.42. The molecule has 4 heteroatoms. The van der Waals surface area contributed by atoms with Gasteiger partial charge in [-0.1, -0.05) is 18.2 Å². The summed E-state index contributed by atoms with van der Waals surface area (Å²) in [6.07, 6.45) is 1.08. The lowest BCUT2D eigenvalue weighted by Gasteiger charge is -2.23. The van der Waals surface area contributed by atoms with Crippen LogP contribution in [0.25, 0.3) is 0 Å². The number of carbonyl (C=O) groups excluding carboxylic acids is 1. The minimum Gasteiger partial charge on any atom is -0.464 e. The van der Waals surface area contributed by atoms with E-state index in [2.05, 4.69) is 5.32 Å². The van der Waals surface area contributed by atoms with Crippen LogP contribution < -0.4 is 5.32 Å². The van der Waals surface area contributed by atoms with Crippen molar-refractivity contribution >= 4 is 23.4 Å². The normalized spacial score (nSPS) is 20.4. The highest BCUT2D eigenvalue weighted by Crippen LogP contribution is 2.28. The van der Waals surface area contributed by atoms with E-state index in [1.165, 1.54) is 0 Å². The lowest BCUT2D eigenvalue weighted by molar-refractivity contribution is -0.145. The van der Waals surface area contributed by atoms with Gasteiger partial charge in [-0.15, -0.1) is 0 Å². The van der Waals surface area contributed by atoms with E-state index in [4.69, 9.17) is 4.74 Å². The predicted octanol–water partition coefficient (Wildman–Crippen LogP) is 2.78. The molecule has 0 amide bonds. The van der Waals surface area contributed by atoms with Crippen molar-refractivity contribution in [3.05, 3.63) is 30.3 Å². The van der Waals surface area contributed by atoms with Crippen molar-refractivity contribution in [2.75, 3.05) is 23.4 Å². The molecule has 1 aromatic carbocycles. The second kappa shape index (κ2) is 6.69. The number of esters is 1. The van der Waals surface area contributed by atoms with Crippen molar-refractivity contribution < 1.29 is 9.53 Å². The molecule has 2 rings (SSSR count). The number of benzene rings is 1. The van der Waals surface area contributed by atoms with Crippen LogP contribution in [0.3, 0.4) is 0 Å². The van der Waals surface area contributed by atoms with Gasteiger partial charge in [0.05, 0.1) is 6.61 Å². The maximum atomic E-state index is 12.0. The molecule has 98 valence electrons. The quantitative estimate of drug-likeness (QED) is 0.831. The van der Waals surface area contributed by atoms with Gasteiger partial charge >= 0.3 is 5.97 Å². The molecule has 3 nitrogen and oxygen atoms in total. The van der Waals surface area contributed by atoms with Gasteiger partial charge in [0.25, 0.3) is 0 Å². The zero-order chi connectivity index (χ0) is 12.8. The predicted molar refractivity (Wildman–Crippen MR) is 75.9 cm³/mol. The Labute approximate surface area is 112 Å². The molecule has 2 unspecified atom stereocenters. The zero-order valence-corrected chi connectivity index (χ0v) is 11.4. The fraction of sp³-hybridized carbons (Fsp3) is 0.500. The number of ether oxygens (including phenoxy) is 1. The lowest BCUT2D eigenvalue weighted by Crippen LogP contribution is -2.38. The number of nitrogens with one attached hydrogen (secondary N) is 1. The SMILES string of the molecule is CCOC(=O)C(Nc1ccccc1)C1CCSC1. The molecule has 0 spiro atoms. The largest absolute Gasteiger partial charge is 0.464 e. The Morgan fingerprint density at radius 3 is 2.89 bits per heavy atom. The molecule has 1 saturated heterocycles. The van der Waals surface area contributed by atoms with E-state index in [1.54, 1.807) is 0 Å². The fourth-order valence-corrected chi connectivity index (χ4v) is 3.43. The molecular formula is C14H19NO2S. The molecule has 1 aliphatic rings. The van der Waals surface area contributed by atoms with Gasteiger partial charge in [0.1, 0.15) is 6.04 Å². The Morgan fingerprint density at radius 1 is 1.50 bits per heavy atom. The molecule has 0 radical (unpaired) electrons. The smallest absolute Gasteiger partial charge is 0.328 e. The molecule has 0 aliphatic carbocycles. The first kappa shape index (κ1) is 13.3. The second-order valence-electron chi connectivity index (χ2n) is 4.36. The monoisotopic (exact) mass is 265 g/mol. The molecule has 0 saturated carbocycles. The van der Waals surface area contributed by atoms with Crippen LogP contribution in [0.5, 0.6) is 0 Å². The third-order valence-electron chi connectivity index (χ3n) is 3.07. The molecule has 1 N–H and O–H groups in total. The highest BCUT2D eigenvalue weighted by molar-refractivity contribution is 7.99. The fourth-order valence-electron chi connectivity index (χ4n) is 2.13. The van der Waals surface area contributed by atoms with Gasteiger partial charge in [-0.2, -0.15) is 11.8 Å². The van der Waals surface area contributed by atoms with Crippen LogP contribution in [-0.2, 0) is 9.53 Å². The molecule has 1 heterocycles. The summed E-state index contributed by atoms with van der Waals surface area (Å²) in [5, 5.41) is 3.32. The van der Waals surface area contributed by atoms with Gasteiger partial charge in [0, 0.05) is 5.69 Å². The topological polar surface area (TPSA) is 38.3 Å². The molecule has 1 aromatic rings. The van der Waals surface area contributed by atoms with Gasteiger partial charge in [0.2, 0.25) is 0 Å². The number of rotatable bonds is 5. The van der Waals surface area contributed by atoms with Gasteiger partial charge in [0.15, 0.2) is 0 Å². The summed E-state index contributed by atoms with van der Waals surface area (Å²) < 4.78 is 5.18. The second-order valence-corrected chi connectivity index (χ2v) is 5.51. The highest BCUT2D eigenvalue weighted by Gasteiger charge is 2.32. The Kier molecular flexibility index (Phi) is 4.93. The van der Waals surface area contributed by atoms with Crippen LogP contribution in [0.2, 0.25) is 0 Å². The molecule has 0 bridgehead atoms. The van der Waals surface area contributed by atoms with Crippen LogP contribution in [0.1, 0.15) is 13.3 Å². The van der Waals surface area contributed by atoms with Crippen LogP contribution in [0, 0.1) is 5.92 Å². The first-order valence-corrected chi connectivity index (χ1v) is 7.52. The number of carbonyl (C=O) groups is 1. The van der Waals surface area contributed by atoms with Crippen molar-refractivity contribution in [3.63, 3.8) is 0 Å². The molecule has 1 aliphatic heterocycles. The Balaban J connectivity index is 2.06. The van der Waals surface area contributed by atoms with Gasteiger partial charge < -0.3 is 10.1 Å². The summed E-state index contributed by atoms with van der Waals surface area (Å²) in [6, 6.07) is 9.64. The first-order valence-electron chi connectivity index (χ1n) is 6.37. The van der Waals surface area contributed by atoms with Gasteiger partial charge in [-0.05, 0) is 42.9 Å². The Bertz CT molecular complexity index is 377. The Hall–Kier alpha value is -1.16. The number of thioether (sulfide) groups is 1. The summed E-state index contributed by atoms with van der Waals surface area (Å²) in [5.74, 6) is 2.41. The number of anilines is 1. The number of para-hydroxylation sites is 1. The summed E-state index contributed by atoms with van der Waals surface area (Å²) in [5.41, 5.74) is 0.979. The lowest BCUT2D eigenvalue weighted by atomic mass is 9.99. The van der Waals surface area contributed by atoms with Crippen molar-refractivity contribution in [1.82, 2.24) is 0 Å². The average Bonchev–Trinajstić information content (AvgIpc) is 2.91. The van der Waals surface area contributed by atoms with E-state index in [1.807, 2.05) is 49.0 Å². The van der Waals surface area contributed by atoms with E-state index in [0.717, 1.165) is 23.6 Å². The number of hydrogen-bond acceptors (Lipinski definition) is 4. The third-order valence-corrected chi connectivity index (χ3v) is 4.26. The van der Waals surface area contributed by atoms with E-state index in [-0.39, 0.29) is 12.0 Å². The zero-order valence-electron chi connectivity index (χ0n) is 10.6. The first-order chi connectivity index (χ1) is 8.81. The summed E-state index contributed by atoms with van der Waals surface area (Å²) in [4.78, 5) is 12.0. The summed E-state index contributed by atoms with van der Waals surface area (Å²) >= 11 is 1.91. The maximum absolute atomic E-state index is 12.0.